The van der Waals surface area contributed by atoms with Gasteiger partial charge in [0, 0.05) is 11.9 Å². The van der Waals surface area contributed by atoms with Crippen LogP contribution in [0.1, 0.15) is 16.1 Å². The van der Waals surface area contributed by atoms with Crippen LogP contribution in [0.5, 0.6) is 0 Å². The van der Waals surface area contributed by atoms with Crippen molar-refractivity contribution in [3.8, 4) is 0 Å². The molecule has 0 atom stereocenters. The van der Waals surface area contributed by atoms with E-state index in [0.29, 0.717) is 11.4 Å². The highest BCUT2D eigenvalue weighted by Crippen LogP contribution is 2.07. The predicted molar refractivity (Wildman–Crippen MR) is 64.0 cm³/mol. The van der Waals surface area contributed by atoms with Crippen molar-refractivity contribution in [1.29, 1.82) is 0 Å². The van der Waals surface area contributed by atoms with Crippen LogP contribution in [0, 0.1) is 6.92 Å². The Bertz CT molecular complexity index is 524. The van der Waals surface area contributed by atoms with Crippen molar-refractivity contribution in [1.82, 2.24) is 15.0 Å². The Balaban J connectivity index is 2.11. The molecule has 0 aromatic carbocycles. The third-order valence-electron chi connectivity index (χ3n) is 2.04. The van der Waals surface area contributed by atoms with Crippen molar-refractivity contribution in [3.63, 3.8) is 0 Å². The molecule has 0 unspecified atom stereocenters. The van der Waals surface area contributed by atoms with Crippen LogP contribution in [0.3, 0.4) is 0 Å². The van der Waals surface area contributed by atoms with Gasteiger partial charge in [-0.1, -0.05) is 11.6 Å². The first kappa shape index (κ1) is 11.5. The average Bonchev–Trinajstić information content (AvgIpc) is 2.33. The predicted octanol–water partition coefficient (Wildman–Crippen LogP) is 2.09. The smallest absolute Gasteiger partial charge is 0.258 e. The summed E-state index contributed by atoms with van der Waals surface area (Å²) in [6, 6.07) is 3.46. The lowest BCUT2D eigenvalue weighted by atomic mass is 10.2. The Labute approximate surface area is 103 Å². The average molecular weight is 249 g/mol. The first-order valence-electron chi connectivity index (χ1n) is 4.87. The van der Waals surface area contributed by atoms with Crippen LogP contribution in [-0.2, 0) is 0 Å². The summed E-state index contributed by atoms with van der Waals surface area (Å²) in [5.74, 6) is 0.0640. The van der Waals surface area contributed by atoms with Crippen LogP contribution >= 0.6 is 11.6 Å². The van der Waals surface area contributed by atoms with Gasteiger partial charge in [-0.15, -0.1) is 0 Å². The lowest BCUT2D eigenvalue weighted by Crippen LogP contribution is -2.13. The van der Waals surface area contributed by atoms with Crippen LogP contribution in [0.25, 0.3) is 0 Å². The number of rotatable bonds is 2. The van der Waals surface area contributed by atoms with Gasteiger partial charge in [0.2, 0.25) is 0 Å². The summed E-state index contributed by atoms with van der Waals surface area (Å²) >= 11 is 5.59. The number of aryl methyl sites for hydroxylation is 1. The van der Waals surface area contributed by atoms with E-state index >= 15 is 0 Å². The van der Waals surface area contributed by atoms with Crippen LogP contribution < -0.4 is 5.32 Å². The Hall–Kier alpha value is -2.01. The van der Waals surface area contributed by atoms with Gasteiger partial charge in [-0.2, -0.15) is 0 Å². The van der Waals surface area contributed by atoms with Gasteiger partial charge in [0.05, 0.1) is 18.0 Å². The molecule has 0 spiro atoms. The molecule has 0 aliphatic carbocycles. The number of hydrogen-bond donors (Lipinski definition) is 1. The molecule has 0 saturated carbocycles. The van der Waals surface area contributed by atoms with Crippen molar-refractivity contribution in [2.45, 2.75) is 6.92 Å². The third kappa shape index (κ3) is 2.98. The molecule has 86 valence electrons. The second-order valence-electron chi connectivity index (χ2n) is 3.37. The van der Waals surface area contributed by atoms with Crippen molar-refractivity contribution < 1.29 is 4.79 Å². The van der Waals surface area contributed by atoms with Crippen molar-refractivity contribution >= 4 is 23.3 Å². The molecule has 2 heterocycles. The van der Waals surface area contributed by atoms with Gasteiger partial charge in [-0.3, -0.25) is 9.78 Å². The lowest BCUT2D eigenvalue weighted by Gasteiger charge is -2.03. The van der Waals surface area contributed by atoms with Crippen LogP contribution in [-0.4, -0.2) is 20.9 Å². The minimum Gasteiger partial charge on any atom is -0.305 e. The van der Waals surface area contributed by atoms with Gasteiger partial charge in [0.1, 0.15) is 5.15 Å². The number of anilines is 1. The van der Waals surface area contributed by atoms with Crippen molar-refractivity contribution in [3.05, 3.63) is 47.1 Å². The highest BCUT2D eigenvalue weighted by Gasteiger charge is 2.06. The Morgan fingerprint density at radius 3 is 2.59 bits per heavy atom. The van der Waals surface area contributed by atoms with Gasteiger partial charge in [-0.25, -0.2) is 9.97 Å². The summed E-state index contributed by atoms with van der Waals surface area (Å²) in [4.78, 5) is 23.5. The van der Waals surface area contributed by atoms with E-state index in [9.17, 15) is 4.79 Å². The topological polar surface area (TPSA) is 67.8 Å². The summed E-state index contributed by atoms with van der Waals surface area (Å²) in [6.07, 6.45) is 4.26. The number of halogens is 1. The van der Waals surface area contributed by atoms with Crippen molar-refractivity contribution in [2.24, 2.45) is 0 Å². The fraction of sp³-hybridized carbons (Fsp3) is 0.0909. The first-order chi connectivity index (χ1) is 8.15. The second kappa shape index (κ2) is 4.88. The fourth-order valence-electron chi connectivity index (χ4n) is 1.17. The van der Waals surface area contributed by atoms with Gasteiger partial charge in [0.25, 0.3) is 5.91 Å². The third-order valence-corrected chi connectivity index (χ3v) is 2.23. The van der Waals surface area contributed by atoms with Gasteiger partial charge >= 0.3 is 0 Å². The minimum absolute atomic E-state index is 0.278. The largest absolute Gasteiger partial charge is 0.305 e. The molecule has 2 aromatic heterocycles. The Morgan fingerprint density at radius 2 is 2.00 bits per heavy atom. The zero-order chi connectivity index (χ0) is 12.3. The van der Waals surface area contributed by atoms with Crippen molar-refractivity contribution in [2.75, 3.05) is 5.32 Å². The van der Waals surface area contributed by atoms with Gasteiger partial charge in [0.15, 0.2) is 5.82 Å². The quantitative estimate of drug-likeness (QED) is 0.884. The van der Waals surface area contributed by atoms with Gasteiger partial charge < -0.3 is 5.32 Å². The van der Waals surface area contributed by atoms with E-state index in [0.717, 1.165) is 5.69 Å². The van der Waals surface area contributed by atoms with E-state index in [-0.39, 0.29) is 11.1 Å². The summed E-state index contributed by atoms with van der Waals surface area (Å²) in [5.41, 5.74) is 1.32. The molecule has 0 radical (unpaired) electrons. The zero-order valence-electron chi connectivity index (χ0n) is 9.01. The number of nitrogens with zero attached hydrogens (tertiary/aromatic N) is 3. The van der Waals surface area contributed by atoms with E-state index in [1.807, 2.05) is 6.92 Å². The number of carbonyl (C=O) groups excluding carboxylic acids is 1. The maximum atomic E-state index is 11.8. The lowest BCUT2D eigenvalue weighted by molar-refractivity contribution is 0.102. The molecular weight excluding hydrogens is 240 g/mol. The second-order valence-corrected chi connectivity index (χ2v) is 3.75. The molecule has 6 heteroatoms. The number of carbonyl (C=O) groups is 1. The number of pyridine rings is 1. The molecule has 17 heavy (non-hydrogen) atoms. The molecule has 1 amide bonds. The summed E-state index contributed by atoms with van der Waals surface area (Å²) in [5, 5.41) is 2.87. The Kier molecular flexibility index (Phi) is 3.30. The SMILES string of the molecule is Cc1ccc(C(=O)Nc2cnc(Cl)cn2)cn1. The number of nitrogens with one attached hydrogen (secondary N) is 1. The number of aromatic nitrogens is 3. The number of hydrogen-bond acceptors (Lipinski definition) is 4. The Morgan fingerprint density at radius 1 is 1.18 bits per heavy atom. The molecule has 1 N–H and O–H groups in total. The van der Waals surface area contributed by atoms with E-state index < -0.39 is 0 Å². The van der Waals surface area contributed by atoms with Crippen LogP contribution in [0.15, 0.2) is 30.7 Å². The van der Waals surface area contributed by atoms with Gasteiger partial charge in [-0.05, 0) is 19.1 Å². The van der Waals surface area contributed by atoms with Crippen LogP contribution in [0.2, 0.25) is 5.15 Å². The monoisotopic (exact) mass is 248 g/mol. The fourth-order valence-corrected chi connectivity index (χ4v) is 1.27. The van der Waals surface area contributed by atoms with Crippen LogP contribution in [0.4, 0.5) is 5.82 Å². The number of amides is 1. The minimum atomic E-state index is -0.283. The highest BCUT2D eigenvalue weighted by molar-refractivity contribution is 6.29. The molecule has 0 fully saturated rings. The molecule has 0 bridgehead atoms. The molecule has 0 aliphatic heterocycles. The first-order valence-corrected chi connectivity index (χ1v) is 5.24. The molecule has 2 rings (SSSR count). The summed E-state index contributed by atoms with van der Waals surface area (Å²) in [6.45, 7) is 1.85. The summed E-state index contributed by atoms with van der Waals surface area (Å²) in [7, 11) is 0. The molecule has 0 aliphatic rings. The van der Waals surface area contributed by atoms with E-state index in [4.69, 9.17) is 11.6 Å². The normalized spacial score (nSPS) is 10.0. The molecule has 2 aromatic rings. The standard InChI is InChI=1S/C11H9ClN4O/c1-7-2-3-8(4-13-7)11(17)16-10-6-14-9(12)5-15-10/h2-6H,1H3,(H,15,16,17). The molecule has 0 saturated heterocycles. The zero-order valence-corrected chi connectivity index (χ0v) is 9.77. The summed E-state index contributed by atoms with van der Waals surface area (Å²) < 4.78 is 0. The van der Waals surface area contributed by atoms with E-state index in [1.54, 1.807) is 12.1 Å². The molecule has 5 nitrogen and oxygen atoms in total. The molecular formula is C11H9ClN4O. The maximum absolute atomic E-state index is 11.8. The highest BCUT2D eigenvalue weighted by atomic mass is 35.5. The maximum Gasteiger partial charge on any atom is 0.258 e. The van der Waals surface area contributed by atoms with E-state index in [2.05, 4.69) is 20.3 Å². The van der Waals surface area contributed by atoms with E-state index in [1.165, 1.54) is 18.6 Å².